The first-order valence-corrected chi connectivity index (χ1v) is 9.70. The summed E-state index contributed by atoms with van der Waals surface area (Å²) in [6.07, 6.45) is 4.71. The normalized spacial score (nSPS) is 15.4. The molecule has 0 bridgehead atoms. The number of likely N-dealkylation sites (tertiary alicyclic amines) is 1. The fourth-order valence-electron chi connectivity index (χ4n) is 3.73. The molecule has 0 aliphatic carbocycles. The van der Waals surface area contributed by atoms with Gasteiger partial charge in [-0.25, -0.2) is 0 Å². The molecule has 1 saturated heterocycles. The molecule has 0 unspecified atom stereocenters. The van der Waals surface area contributed by atoms with Gasteiger partial charge in [-0.1, -0.05) is 36.4 Å². The number of hydrogen-bond acceptors (Lipinski definition) is 3. The first-order valence-electron chi connectivity index (χ1n) is 9.70. The summed E-state index contributed by atoms with van der Waals surface area (Å²) in [7, 11) is 0. The molecule has 1 fully saturated rings. The fourth-order valence-corrected chi connectivity index (χ4v) is 3.73. The third-order valence-corrected chi connectivity index (χ3v) is 5.40. The van der Waals surface area contributed by atoms with Gasteiger partial charge in [0.2, 0.25) is 5.91 Å². The zero-order valence-electron chi connectivity index (χ0n) is 15.7. The van der Waals surface area contributed by atoms with Crippen molar-refractivity contribution in [2.45, 2.75) is 38.6 Å². The van der Waals surface area contributed by atoms with Crippen molar-refractivity contribution in [3.63, 3.8) is 0 Å². The number of nitrogens with zero attached hydrogens (tertiary/aromatic N) is 2. The third-order valence-electron chi connectivity index (χ3n) is 5.40. The topological polar surface area (TPSA) is 70.1 Å². The second-order valence-electron chi connectivity index (χ2n) is 7.52. The summed E-state index contributed by atoms with van der Waals surface area (Å²) < 4.78 is 0. The Balaban J connectivity index is 1.43. The van der Waals surface area contributed by atoms with Crippen LogP contribution in [0.15, 0.2) is 48.5 Å². The second-order valence-corrected chi connectivity index (χ2v) is 7.52. The van der Waals surface area contributed by atoms with E-state index in [1.165, 1.54) is 29.5 Å². The molecule has 2 aromatic carbocycles. The number of piperidine rings is 1. The standard InChI is InChI=1S/C23H27N3O/c24-16-21-5-7-22(8-6-21)17-26-13-11-20(12-14-26)15-19-3-1-18(2-4-19)9-10-23(25)27/h1-8,20H,9-15,17H2,(H2,25,27). The van der Waals surface area contributed by atoms with Gasteiger partial charge in [0.25, 0.3) is 0 Å². The van der Waals surface area contributed by atoms with E-state index in [4.69, 9.17) is 11.0 Å². The van der Waals surface area contributed by atoms with Crippen LogP contribution < -0.4 is 5.73 Å². The van der Waals surface area contributed by atoms with Crippen molar-refractivity contribution in [2.75, 3.05) is 13.1 Å². The Bertz CT molecular complexity index is 782. The van der Waals surface area contributed by atoms with Crippen molar-refractivity contribution >= 4 is 5.91 Å². The number of nitriles is 1. The summed E-state index contributed by atoms with van der Waals surface area (Å²) in [5, 5.41) is 8.89. The smallest absolute Gasteiger partial charge is 0.217 e. The van der Waals surface area contributed by atoms with Crippen LogP contribution in [0.3, 0.4) is 0 Å². The van der Waals surface area contributed by atoms with E-state index >= 15 is 0 Å². The van der Waals surface area contributed by atoms with Crippen LogP contribution in [-0.2, 0) is 24.2 Å². The van der Waals surface area contributed by atoms with Gasteiger partial charge in [-0.3, -0.25) is 9.69 Å². The molecule has 1 heterocycles. The van der Waals surface area contributed by atoms with Gasteiger partial charge in [-0.15, -0.1) is 0 Å². The lowest BCUT2D eigenvalue weighted by Gasteiger charge is -2.32. The maximum absolute atomic E-state index is 10.9. The van der Waals surface area contributed by atoms with Gasteiger partial charge in [0.15, 0.2) is 0 Å². The molecule has 0 aromatic heterocycles. The molecule has 0 atom stereocenters. The Morgan fingerprint density at radius 3 is 2.19 bits per heavy atom. The summed E-state index contributed by atoms with van der Waals surface area (Å²) in [6, 6.07) is 18.7. The van der Waals surface area contributed by atoms with E-state index in [1.807, 2.05) is 12.1 Å². The third kappa shape index (κ3) is 5.94. The molecule has 0 saturated carbocycles. The zero-order valence-corrected chi connectivity index (χ0v) is 15.7. The van der Waals surface area contributed by atoms with E-state index in [2.05, 4.69) is 47.4 Å². The highest BCUT2D eigenvalue weighted by molar-refractivity contribution is 5.73. The molecule has 0 spiro atoms. The second kappa shape index (κ2) is 9.34. The monoisotopic (exact) mass is 361 g/mol. The lowest BCUT2D eigenvalue weighted by atomic mass is 9.89. The largest absolute Gasteiger partial charge is 0.370 e. The van der Waals surface area contributed by atoms with Crippen LogP contribution in [0.1, 0.15) is 41.5 Å². The minimum absolute atomic E-state index is 0.244. The Hall–Kier alpha value is -2.64. The van der Waals surface area contributed by atoms with Crippen molar-refractivity contribution in [1.82, 2.24) is 4.90 Å². The average molecular weight is 361 g/mol. The summed E-state index contributed by atoms with van der Waals surface area (Å²) in [4.78, 5) is 13.4. The summed E-state index contributed by atoms with van der Waals surface area (Å²) in [5.74, 6) is 0.491. The van der Waals surface area contributed by atoms with E-state index in [0.717, 1.165) is 44.0 Å². The number of amides is 1. The van der Waals surface area contributed by atoms with Crippen molar-refractivity contribution in [3.8, 4) is 6.07 Å². The summed E-state index contributed by atoms with van der Waals surface area (Å²) in [5.41, 5.74) is 9.76. The number of primary amides is 1. The molecule has 1 aliphatic heterocycles. The fraction of sp³-hybridized carbons (Fsp3) is 0.391. The van der Waals surface area contributed by atoms with Gasteiger partial charge in [0, 0.05) is 13.0 Å². The van der Waals surface area contributed by atoms with Gasteiger partial charge >= 0.3 is 0 Å². The lowest BCUT2D eigenvalue weighted by molar-refractivity contribution is -0.117. The van der Waals surface area contributed by atoms with E-state index in [9.17, 15) is 4.79 Å². The maximum atomic E-state index is 10.9. The SMILES string of the molecule is N#Cc1ccc(CN2CCC(Cc3ccc(CCC(N)=O)cc3)CC2)cc1. The highest BCUT2D eigenvalue weighted by Gasteiger charge is 2.19. The molecule has 0 radical (unpaired) electrons. The predicted molar refractivity (Wildman–Crippen MR) is 107 cm³/mol. The highest BCUT2D eigenvalue weighted by Crippen LogP contribution is 2.23. The quantitative estimate of drug-likeness (QED) is 0.821. The Kier molecular flexibility index (Phi) is 6.62. The van der Waals surface area contributed by atoms with Crippen LogP contribution in [0.4, 0.5) is 0 Å². The number of hydrogen-bond donors (Lipinski definition) is 1. The Morgan fingerprint density at radius 2 is 1.59 bits per heavy atom. The molecule has 2 aromatic rings. The van der Waals surface area contributed by atoms with Crippen molar-refractivity contribution in [2.24, 2.45) is 11.7 Å². The van der Waals surface area contributed by atoms with Crippen molar-refractivity contribution in [3.05, 3.63) is 70.8 Å². The maximum Gasteiger partial charge on any atom is 0.217 e. The molecule has 140 valence electrons. The van der Waals surface area contributed by atoms with E-state index in [1.54, 1.807) is 0 Å². The number of rotatable bonds is 7. The van der Waals surface area contributed by atoms with Crippen LogP contribution >= 0.6 is 0 Å². The molecule has 1 aliphatic rings. The molecule has 3 rings (SSSR count). The van der Waals surface area contributed by atoms with Gasteiger partial charge in [-0.05, 0) is 73.5 Å². The summed E-state index contributed by atoms with van der Waals surface area (Å²) in [6.45, 7) is 3.22. The van der Waals surface area contributed by atoms with Crippen LogP contribution in [0, 0.1) is 17.2 Å². The highest BCUT2D eigenvalue weighted by atomic mass is 16.1. The van der Waals surface area contributed by atoms with Crippen LogP contribution in [0.25, 0.3) is 0 Å². The molecule has 27 heavy (non-hydrogen) atoms. The zero-order chi connectivity index (χ0) is 19.1. The van der Waals surface area contributed by atoms with Crippen LogP contribution in [0.2, 0.25) is 0 Å². The first kappa shape index (κ1) is 19.1. The lowest BCUT2D eigenvalue weighted by Crippen LogP contribution is -2.33. The van der Waals surface area contributed by atoms with Crippen LogP contribution in [-0.4, -0.2) is 23.9 Å². The van der Waals surface area contributed by atoms with Gasteiger partial charge in [0.1, 0.15) is 0 Å². The number of aryl methyl sites for hydroxylation is 1. The van der Waals surface area contributed by atoms with Crippen LogP contribution in [0.5, 0.6) is 0 Å². The molecule has 4 nitrogen and oxygen atoms in total. The van der Waals surface area contributed by atoms with Gasteiger partial charge in [0.05, 0.1) is 11.6 Å². The van der Waals surface area contributed by atoms with Gasteiger partial charge in [-0.2, -0.15) is 5.26 Å². The number of carbonyl (C=O) groups excluding carboxylic acids is 1. The minimum atomic E-state index is -0.244. The average Bonchev–Trinajstić information content (AvgIpc) is 2.69. The van der Waals surface area contributed by atoms with Crippen molar-refractivity contribution < 1.29 is 4.79 Å². The molecule has 4 heteroatoms. The van der Waals surface area contributed by atoms with Gasteiger partial charge < -0.3 is 5.73 Å². The Morgan fingerprint density at radius 1 is 1.00 bits per heavy atom. The number of benzene rings is 2. The Labute approximate surface area is 161 Å². The number of carbonyl (C=O) groups is 1. The van der Waals surface area contributed by atoms with Crippen molar-refractivity contribution in [1.29, 1.82) is 5.26 Å². The first-order chi connectivity index (χ1) is 13.1. The van der Waals surface area contributed by atoms with E-state index < -0.39 is 0 Å². The van der Waals surface area contributed by atoms with E-state index in [0.29, 0.717) is 6.42 Å². The molecule has 1 amide bonds. The molecular formula is C23H27N3O. The molecule has 2 N–H and O–H groups in total. The minimum Gasteiger partial charge on any atom is -0.370 e. The molecular weight excluding hydrogens is 334 g/mol. The number of nitrogens with two attached hydrogens (primary N) is 1. The van der Waals surface area contributed by atoms with E-state index in [-0.39, 0.29) is 5.91 Å². The summed E-state index contributed by atoms with van der Waals surface area (Å²) >= 11 is 0. The predicted octanol–water partition coefficient (Wildman–Crippen LogP) is 3.43.